The third kappa shape index (κ3) is 6.07. The van der Waals surface area contributed by atoms with Gasteiger partial charge in [-0.2, -0.15) is 10.1 Å². The Balaban J connectivity index is 1.76. The lowest BCUT2D eigenvalue weighted by atomic mass is 10.1. The number of nitrogens with one attached hydrogen (secondary N) is 1. The van der Waals surface area contributed by atoms with E-state index in [9.17, 15) is 28.8 Å². The highest BCUT2D eigenvalue weighted by molar-refractivity contribution is 8.00. The second-order valence-electron chi connectivity index (χ2n) is 7.29. The molecule has 2 aromatic rings. The van der Waals surface area contributed by atoms with Crippen LogP contribution in [0.25, 0.3) is 0 Å². The number of nitrogens with zero attached hydrogens (tertiary/aromatic N) is 2. The lowest BCUT2D eigenvalue weighted by Crippen LogP contribution is -2.36. The summed E-state index contributed by atoms with van der Waals surface area (Å²) < 4.78 is 45.0. The monoisotopic (exact) mass is 518 g/mol. The number of anilines is 1. The van der Waals surface area contributed by atoms with Crippen LogP contribution in [0.5, 0.6) is 11.5 Å². The molecule has 1 aliphatic rings. The van der Waals surface area contributed by atoms with Crippen molar-refractivity contribution in [2.75, 3.05) is 19.5 Å². The van der Waals surface area contributed by atoms with E-state index in [1.165, 1.54) is 50.6 Å². The molecule has 15 heteroatoms. The summed E-state index contributed by atoms with van der Waals surface area (Å²) in [5, 5.41) is 19.8. The van der Waals surface area contributed by atoms with Crippen molar-refractivity contribution in [3.05, 3.63) is 47.0 Å². The fraction of sp³-hybridized carbons (Fsp3) is 0.421. The van der Waals surface area contributed by atoms with Gasteiger partial charge in [0.05, 0.1) is 19.0 Å². The van der Waals surface area contributed by atoms with E-state index < -0.39 is 55.0 Å². The maximum atomic E-state index is 14.8. The van der Waals surface area contributed by atoms with Crippen molar-refractivity contribution >= 4 is 31.3 Å². The average molecular weight is 518 g/mol. The molecule has 186 valence electrons. The van der Waals surface area contributed by atoms with Crippen LogP contribution < -0.4 is 25.8 Å². The van der Waals surface area contributed by atoms with Crippen molar-refractivity contribution in [3.63, 3.8) is 0 Å². The molecule has 2 heterocycles. The van der Waals surface area contributed by atoms with Gasteiger partial charge in [0, 0.05) is 6.20 Å². The van der Waals surface area contributed by atoms with Crippen LogP contribution in [0, 0.1) is 0 Å². The molecular weight excluding hydrogens is 494 g/mol. The molecule has 12 nitrogen and oxygen atoms in total. The van der Waals surface area contributed by atoms with Crippen molar-refractivity contribution in [3.8, 4) is 11.5 Å². The van der Waals surface area contributed by atoms with E-state index in [1.807, 2.05) is 0 Å². The van der Waals surface area contributed by atoms with Crippen LogP contribution >= 0.6 is 19.5 Å². The van der Waals surface area contributed by atoms with Crippen LogP contribution in [-0.2, 0) is 13.9 Å². The van der Waals surface area contributed by atoms with E-state index >= 15 is 0 Å². The SMILES string of the molecule is COc1ccc(OP(=O)(NC(C)C(=O)O)OC[C@H]2S[C@@H](n3ccc(N)nc3=O)[C@@H](F)[C@@H]2O)cc1. The van der Waals surface area contributed by atoms with Crippen molar-refractivity contribution < 1.29 is 37.7 Å². The predicted octanol–water partition coefficient (Wildman–Crippen LogP) is 1.41. The number of nitrogen functional groups attached to an aromatic ring is 1. The second kappa shape index (κ2) is 10.7. The van der Waals surface area contributed by atoms with Gasteiger partial charge in [-0.25, -0.2) is 13.8 Å². The number of methoxy groups -OCH3 is 1. The van der Waals surface area contributed by atoms with Crippen LogP contribution in [-0.4, -0.2) is 63.0 Å². The summed E-state index contributed by atoms with van der Waals surface area (Å²) in [6.07, 6.45) is -2.18. The van der Waals surface area contributed by atoms with Gasteiger partial charge in [-0.1, -0.05) is 0 Å². The third-order valence-electron chi connectivity index (χ3n) is 4.84. The maximum Gasteiger partial charge on any atom is 0.459 e. The van der Waals surface area contributed by atoms with Crippen LogP contribution in [0.3, 0.4) is 0 Å². The number of aliphatic hydroxyl groups is 1. The van der Waals surface area contributed by atoms with Gasteiger partial charge in [-0.05, 0) is 37.3 Å². The van der Waals surface area contributed by atoms with Crippen molar-refractivity contribution in [1.82, 2.24) is 14.6 Å². The molecule has 1 fully saturated rings. The van der Waals surface area contributed by atoms with Crippen molar-refractivity contribution in [2.24, 2.45) is 0 Å². The highest BCUT2D eigenvalue weighted by atomic mass is 32.2. The van der Waals surface area contributed by atoms with E-state index in [0.717, 1.165) is 16.3 Å². The number of aromatic nitrogens is 2. The fourth-order valence-electron chi connectivity index (χ4n) is 3.01. The number of aliphatic carboxylic acids is 1. The average Bonchev–Trinajstić information content (AvgIpc) is 3.06. The molecule has 1 aliphatic heterocycles. The molecule has 1 aromatic carbocycles. The number of halogens is 1. The van der Waals surface area contributed by atoms with Gasteiger partial charge in [-0.3, -0.25) is 13.9 Å². The summed E-state index contributed by atoms with van der Waals surface area (Å²) in [4.78, 5) is 26.9. The summed E-state index contributed by atoms with van der Waals surface area (Å²) in [6, 6.07) is 5.95. The fourth-order valence-corrected chi connectivity index (χ4v) is 6.05. The quantitative estimate of drug-likeness (QED) is 0.333. The van der Waals surface area contributed by atoms with E-state index in [1.54, 1.807) is 0 Å². The molecule has 1 aromatic heterocycles. The zero-order valence-corrected chi connectivity index (χ0v) is 19.8. The smallest absolute Gasteiger partial charge is 0.459 e. The van der Waals surface area contributed by atoms with Gasteiger partial charge >= 0.3 is 19.4 Å². The van der Waals surface area contributed by atoms with E-state index in [-0.39, 0.29) is 11.6 Å². The molecule has 0 saturated carbocycles. The zero-order valence-electron chi connectivity index (χ0n) is 18.1. The largest absolute Gasteiger partial charge is 0.497 e. The molecule has 0 spiro atoms. The first kappa shape index (κ1) is 26.0. The number of rotatable bonds is 10. The first-order valence-corrected chi connectivity index (χ1v) is 12.4. The molecule has 6 atom stereocenters. The van der Waals surface area contributed by atoms with Crippen LogP contribution in [0.4, 0.5) is 10.2 Å². The van der Waals surface area contributed by atoms with E-state index in [4.69, 9.17) is 19.5 Å². The Bertz CT molecular complexity index is 1120. The molecule has 1 saturated heterocycles. The standard InChI is InChI=1S/C19H24FN4O8PS/c1-10(18(26)27)23-33(29,32-12-5-3-11(30-2)4-6-12)31-9-13-16(25)15(20)17(34-13)24-8-7-14(21)22-19(24)28/h3-8,10,13,15-17,25H,9H2,1-2H3,(H,23,29)(H,26,27)(H2,21,22,28)/t10?,13-,15+,16-,17-,33?/m1/s1. The summed E-state index contributed by atoms with van der Waals surface area (Å²) >= 11 is 0.872. The van der Waals surface area contributed by atoms with Crippen LogP contribution in [0.1, 0.15) is 12.3 Å². The van der Waals surface area contributed by atoms with Gasteiger partial charge < -0.3 is 25.2 Å². The molecule has 3 rings (SSSR count). The third-order valence-corrected chi connectivity index (χ3v) is 8.01. The van der Waals surface area contributed by atoms with Crippen LogP contribution in [0.15, 0.2) is 41.3 Å². The topological polar surface area (TPSA) is 175 Å². The molecule has 0 aliphatic carbocycles. The van der Waals surface area contributed by atoms with E-state index in [2.05, 4.69) is 10.1 Å². The minimum Gasteiger partial charge on any atom is -0.497 e. The number of carboxylic acids is 1. The Morgan fingerprint density at radius 3 is 2.59 bits per heavy atom. The number of carbonyl (C=O) groups is 1. The van der Waals surface area contributed by atoms with E-state index in [0.29, 0.717) is 5.75 Å². The van der Waals surface area contributed by atoms with Crippen molar-refractivity contribution in [1.29, 1.82) is 0 Å². The number of hydrogen-bond acceptors (Lipinski definition) is 10. The predicted molar refractivity (Wildman–Crippen MR) is 122 cm³/mol. The van der Waals surface area contributed by atoms with Gasteiger partial charge in [-0.15, -0.1) is 11.8 Å². The summed E-state index contributed by atoms with van der Waals surface area (Å²) in [6.45, 7) is 0.760. The summed E-state index contributed by atoms with van der Waals surface area (Å²) in [7, 11) is -2.83. The molecular formula is C19H24FN4O8PS. The lowest BCUT2D eigenvalue weighted by molar-refractivity contribution is -0.138. The Morgan fingerprint density at radius 2 is 2.00 bits per heavy atom. The number of ether oxygens (including phenoxy) is 1. The maximum absolute atomic E-state index is 14.8. The highest BCUT2D eigenvalue weighted by Crippen LogP contribution is 2.49. The van der Waals surface area contributed by atoms with Crippen molar-refractivity contribution in [2.45, 2.75) is 35.9 Å². The van der Waals surface area contributed by atoms with Gasteiger partial charge in [0.1, 0.15) is 34.8 Å². The second-order valence-corrected chi connectivity index (χ2v) is 10.3. The van der Waals surface area contributed by atoms with Gasteiger partial charge in [0.15, 0.2) is 6.17 Å². The Morgan fingerprint density at radius 1 is 1.35 bits per heavy atom. The molecule has 2 unspecified atom stereocenters. The normalized spacial score (nSPS) is 24.8. The number of nitrogens with two attached hydrogens (primary N) is 1. The molecule has 5 N–H and O–H groups in total. The first-order valence-electron chi connectivity index (χ1n) is 9.94. The lowest BCUT2D eigenvalue weighted by Gasteiger charge is -2.24. The number of aliphatic hydroxyl groups excluding tert-OH is 1. The molecule has 0 bridgehead atoms. The number of benzene rings is 1. The molecule has 0 radical (unpaired) electrons. The Kier molecular flexibility index (Phi) is 8.21. The molecule has 0 amide bonds. The zero-order chi connectivity index (χ0) is 25.0. The minimum atomic E-state index is -4.30. The summed E-state index contributed by atoms with van der Waals surface area (Å²) in [5.41, 5.74) is 4.66. The van der Waals surface area contributed by atoms with Crippen LogP contribution in [0.2, 0.25) is 0 Å². The molecule has 34 heavy (non-hydrogen) atoms. The van der Waals surface area contributed by atoms with Gasteiger partial charge in [0.25, 0.3) is 0 Å². The minimum absolute atomic E-state index is 0.0321. The summed E-state index contributed by atoms with van der Waals surface area (Å²) in [5.74, 6) is -0.741. The first-order chi connectivity index (χ1) is 16.0. The highest BCUT2D eigenvalue weighted by Gasteiger charge is 2.46. The van der Waals surface area contributed by atoms with Gasteiger partial charge in [0.2, 0.25) is 0 Å². The Labute approximate surface area is 197 Å². The Hall–Kier alpha value is -2.64. The number of carboxylic acid groups (broad SMARTS) is 1. The number of thioether (sulfide) groups is 1. The number of hydrogen-bond donors (Lipinski definition) is 4. The number of alkyl halides is 1.